The van der Waals surface area contributed by atoms with Crippen LogP contribution in [0.1, 0.15) is 181 Å². The van der Waals surface area contributed by atoms with Gasteiger partial charge in [0.1, 0.15) is 43.2 Å². The summed E-state index contributed by atoms with van der Waals surface area (Å²) >= 11 is 0. The number of aliphatic hydroxyl groups is 4. The molecule has 0 aromatic carbocycles. The summed E-state index contributed by atoms with van der Waals surface area (Å²) < 4.78 is 49.1. The fourth-order valence-corrected chi connectivity index (χ4v) is 8.67. The molecule has 7 N–H and O–H groups in total. The van der Waals surface area contributed by atoms with E-state index in [4.69, 9.17) is 28.3 Å². The molecule has 0 radical (unpaired) electrons. The van der Waals surface area contributed by atoms with Gasteiger partial charge >= 0.3 is 27.6 Å². The molecule has 3 unspecified atom stereocenters. The van der Waals surface area contributed by atoms with Crippen molar-refractivity contribution >= 4 is 27.6 Å². The Kier molecular flexibility index (Phi) is 35.5. The Hall–Kier alpha value is -2.04. The summed E-state index contributed by atoms with van der Waals surface area (Å²) in [4.78, 5) is 54.0. The van der Waals surface area contributed by atoms with Gasteiger partial charge in [-0.05, 0) is 51.4 Å². The van der Waals surface area contributed by atoms with Gasteiger partial charge in [0.15, 0.2) is 6.10 Å². The van der Waals surface area contributed by atoms with Gasteiger partial charge in [-0.1, -0.05) is 165 Å². The SMILES string of the molecule is CCCCC/C=C\C/C=C\C/C=C/C/C=C\CCCC(=O)O[C@H](COC(=O)CCCCCCCCCCCCCCCCC)COP(=O)(O)OC1[C@H](O)[C@H](O)C(OP(=O)(O)O)[C@H](O)[C@H]1O. The fourth-order valence-electron chi connectivity index (χ4n) is 7.14. The minimum absolute atomic E-state index is 0.0248. The van der Waals surface area contributed by atoms with Crippen LogP contribution in [-0.4, -0.2) is 103 Å². The molecule has 0 aliphatic heterocycles. The van der Waals surface area contributed by atoms with Crippen molar-refractivity contribution in [1.29, 1.82) is 0 Å². The van der Waals surface area contributed by atoms with E-state index in [-0.39, 0.29) is 12.8 Å². The standard InChI is InChI=1S/C47H84O16P2/c1-3-5-7-9-11-13-15-17-19-20-22-24-26-28-30-32-34-36-41(49)61-39(37-59-40(48)35-33-31-29-27-25-23-21-18-16-14-12-10-8-6-4-2)38-60-65(57,58)63-47-44(52)42(50)46(43(51)45(47)53)62-64(54,55)56/h11,13,17,19,22,24,28,30,39,42-47,50-53H,3-10,12,14-16,18,20-21,23,25-27,29,31-38H2,1-2H3,(H,57,58)(H2,54,55,56)/b13-11-,19-17-,24-22+,30-28-/t39-,42-,43+,44-,45-,46?,47?/m1/s1. The van der Waals surface area contributed by atoms with Crippen molar-refractivity contribution in [2.45, 2.75) is 224 Å². The van der Waals surface area contributed by atoms with Crippen LogP contribution in [0.5, 0.6) is 0 Å². The first-order chi connectivity index (χ1) is 31.1. The van der Waals surface area contributed by atoms with Crippen molar-refractivity contribution in [2.24, 2.45) is 0 Å². The van der Waals surface area contributed by atoms with Crippen molar-refractivity contribution in [2.75, 3.05) is 13.2 Å². The topological polar surface area (TPSA) is 256 Å². The Morgan fingerprint density at radius 2 is 0.877 bits per heavy atom. The predicted molar refractivity (Wildman–Crippen MR) is 250 cm³/mol. The van der Waals surface area contributed by atoms with Crippen LogP contribution in [0.15, 0.2) is 48.6 Å². The molecule has 0 aromatic rings. The average molecular weight is 967 g/mol. The summed E-state index contributed by atoms with van der Waals surface area (Å²) in [6, 6.07) is 0. The summed E-state index contributed by atoms with van der Waals surface area (Å²) in [6.07, 6.45) is 28.0. The van der Waals surface area contributed by atoms with Gasteiger partial charge in [0, 0.05) is 12.8 Å². The van der Waals surface area contributed by atoms with Crippen LogP contribution in [0.3, 0.4) is 0 Å². The summed E-state index contributed by atoms with van der Waals surface area (Å²) in [5.41, 5.74) is 0. The Labute approximate surface area is 388 Å². The van der Waals surface area contributed by atoms with E-state index in [1.54, 1.807) is 0 Å². The van der Waals surface area contributed by atoms with Crippen molar-refractivity contribution in [3.63, 3.8) is 0 Å². The second-order valence-corrected chi connectivity index (χ2v) is 19.4. The van der Waals surface area contributed by atoms with Crippen molar-refractivity contribution in [3.05, 3.63) is 48.6 Å². The minimum atomic E-state index is -5.31. The molecule has 1 rings (SSSR count). The van der Waals surface area contributed by atoms with Crippen LogP contribution < -0.4 is 0 Å². The number of carbonyl (C=O) groups is 2. The molecule has 0 aromatic heterocycles. The third kappa shape index (κ3) is 32.4. The largest absolute Gasteiger partial charge is 0.472 e. The van der Waals surface area contributed by atoms with Crippen LogP contribution in [0.25, 0.3) is 0 Å². The Balaban J connectivity index is 2.61. The smallest absolute Gasteiger partial charge is 0.462 e. The normalized spacial score (nSPS) is 22.0. The number of rotatable bonds is 40. The maximum atomic E-state index is 12.9. The van der Waals surface area contributed by atoms with Crippen LogP contribution in [0.4, 0.5) is 0 Å². The molecule has 0 spiro atoms. The van der Waals surface area contributed by atoms with E-state index in [2.05, 4.69) is 54.8 Å². The second kappa shape index (κ2) is 37.9. The van der Waals surface area contributed by atoms with Gasteiger partial charge in [0.25, 0.3) is 0 Å². The number of allylic oxidation sites excluding steroid dienone is 8. The zero-order valence-electron chi connectivity index (χ0n) is 39.2. The highest BCUT2D eigenvalue weighted by Crippen LogP contribution is 2.48. The highest BCUT2D eigenvalue weighted by molar-refractivity contribution is 7.47. The van der Waals surface area contributed by atoms with Gasteiger partial charge in [-0.3, -0.25) is 23.2 Å². The monoisotopic (exact) mass is 967 g/mol. The van der Waals surface area contributed by atoms with Crippen LogP contribution in [0, 0.1) is 0 Å². The molecule has 0 saturated heterocycles. The number of carbonyl (C=O) groups excluding carboxylic acids is 2. The van der Waals surface area contributed by atoms with Crippen LogP contribution in [0.2, 0.25) is 0 Å². The number of esters is 2. The van der Waals surface area contributed by atoms with E-state index < -0.39 is 83.5 Å². The Morgan fingerprint density at radius 1 is 0.492 bits per heavy atom. The molecule has 378 valence electrons. The van der Waals surface area contributed by atoms with E-state index in [0.717, 1.165) is 51.4 Å². The fraction of sp³-hybridized carbons (Fsp3) is 0.787. The molecule has 18 heteroatoms. The molecular weight excluding hydrogens is 882 g/mol. The Bertz CT molecular complexity index is 1430. The van der Waals surface area contributed by atoms with Crippen molar-refractivity contribution in [3.8, 4) is 0 Å². The molecule has 1 aliphatic rings. The number of phosphoric ester groups is 2. The highest BCUT2D eigenvalue weighted by Gasteiger charge is 2.54. The summed E-state index contributed by atoms with van der Waals surface area (Å²) in [6.45, 7) is 3.07. The molecule has 1 aliphatic carbocycles. The zero-order chi connectivity index (χ0) is 48.2. The number of hydrogen-bond acceptors (Lipinski definition) is 13. The lowest BCUT2D eigenvalue weighted by Gasteiger charge is -2.43. The van der Waals surface area contributed by atoms with Gasteiger partial charge in [-0.15, -0.1) is 0 Å². The van der Waals surface area contributed by atoms with E-state index in [1.807, 2.05) is 12.2 Å². The first-order valence-electron chi connectivity index (χ1n) is 24.2. The number of unbranched alkanes of at least 4 members (excludes halogenated alkanes) is 18. The number of phosphoric acid groups is 2. The molecule has 1 fully saturated rings. The van der Waals surface area contributed by atoms with E-state index in [1.165, 1.54) is 83.5 Å². The summed E-state index contributed by atoms with van der Waals surface area (Å²) in [7, 11) is -10.6. The molecule has 1 saturated carbocycles. The summed E-state index contributed by atoms with van der Waals surface area (Å²) in [5.74, 6) is -1.25. The maximum absolute atomic E-state index is 12.9. The van der Waals surface area contributed by atoms with E-state index in [0.29, 0.717) is 19.3 Å². The zero-order valence-corrected chi connectivity index (χ0v) is 40.9. The van der Waals surface area contributed by atoms with E-state index in [9.17, 15) is 44.0 Å². The first kappa shape index (κ1) is 61.0. The van der Waals surface area contributed by atoms with Gasteiger partial charge in [0.2, 0.25) is 0 Å². The molecule has 8 atom stereocenters. The Morgan fingerprint density at radius 3 is 1.34 bits per heavy atom. The summed E-state index contributed by atoms with van der Waals surface area (Å²) in [5, 5.41) is 41.5. The lowest BCUT2D eigenvalue weighted by atomic mass is 9.85. The molecule has 0 amide bonds. The highest BCUT2D eigenvalue weighted by atomic mass is 31.2. The van der Waals surface area contributed by atoms with Gasteiger partial charge in [0.05, 0.1) is 6.61 Å². The maximum Gasteiger partial charge on any atom is 0.472 e. The minimum Gasteiger partial charge on any atom is -0.462 e. The average Bonchev–Trinajstić information content (AvgIpc) is 3.26. The molecule has 0 heterocycles. The van der Waals surface area contributed by atoms with Gasteiger partial charge in [-0.25, -0.2) is 9.13 Å². The third-order valence-electron chi connectivity index (χ3n) is 10.9. The second-order valence-electron chi connectivity index (χ2n) is 16.8. The van der Waals surface area contributed by atoms with E-state index >= 15 is 0 Å². The number of hydrogen-bond donors (Lipinski definition) is 7. The third-order valence-corrected chi connectivity index (χ3v) is 12.4. The predicted octanol–water partition coefficient (Wildman–Crippen LogP) is 9.29. The lowest BCUT2D eigenvalue weighted by Crippen LogP contribution is -2.64. The van der Waals surface area contributed by atoms with Crippen molar-refractivity contribution < 1.29 is 76.9 Å². The number of aliphatic hydroxyl groups excluding tert-OH is 4. The van der Waals surface area contributed by atoms with Gasteiger partial charge < -0.3 is 44.6 Å². The van der Waals surface area contributed by atoms with Crippen molar-refractivity contribution in [1.82, 2.24) is 0 Å². The molecular formula is C47H84O16P2. The van der Waals surface area contributed by atoms with Crippen LogP contribution >= 0.6 is 15.6 Å². The van der Waals surface area contributed by atoms with Gasteiger partial charge in [-0.2, -0.15) is 0 Å². The molecule has 65 heavy (non-hydrogen) atoms. The van der Waals surface area contributed by atoms with Crippen LogP contribution in [-0.2, 0) is 41.8 Å². The number of ether oxygens (including phenoxy) is 2. The quantitative estimate of drug-likeness (QED) is 0.0131. The molecule has 16 nitrogen and oxygen atoms in total. The first-order valence-corrected chi connectivity index (χ1v) is 27.2. The molecule has 0 bridgehead atoms. The lowest BCUT2D eigenvalue weighted by molar-refractivity contribution is -0.216.